The second kappa shape index (κ2) is 6.66. The van der Waals surface area contributed by atoms with Crippen LogP contribution < -0.4 is 16.6 Å². The van der Waals surface area contributed by atoms with Gasteiger partial charge in [-0.3, -0.25) is 0 Å². The third kappa shape index (κ3) is 4.05. The van der Waals surface area contributed by atoms with E-state index in [0.717, 1.165) is 12.2 Å². The van der Waals surface area contributed by atoms with E-state index >= 15 is 0 Å². The smallest absolute Gasteiger partial charge is 0.191 e. The average Bonchev–Trinajstić information content (AvgIpc) is 2.34. The van der Waals surface area contributed by atoms with Crippen LogP contribution in [-0.4, -0.2) is 22.3 Å². The summed E-state index contributed by atoms with van der Waals surface area (Å²) < 4.78 is 0. The topological polar surface area (TPSA) is 75.9 Å². The highest BCUT2D eigenvalue weighted by atomic mass is 32.2. The number of anilines is 2. The van der Waals surface area contributed by atoms with Crippen molar-refractivity contribution in [3.63, 3.8) is 0 Å². The molecule has 0 amide bonds. The zero-order chi connectivity index (χ0) is 12.8. The van der Waals surface area contributed by atoms with Gasteiger partial charge in [-0.15, -0.1) is 0 Å². The number of nitrogens with one attached hydrogen (secondary N) is 2. The first-order valence-corrected chi connectivity index (χ1v) is 6.99. The summed E-state index contributed by atoms with van der Waals surface area (Å²) in [5, 5.41) is 4.13. The Balaban J connectivity index is 2.89. The van der Waals surface area contributed by atoms with E-state index in [1.165, 1.54) is 11.8 Å². The molecule has 1 unspecified atom stereocenters. The molecular weight excluding hydrogens is 234 g/mol. The normalized spacial score (nSPS) is 12.6. The predicted molar refractivity (Wildman–Crippen MR) is 74.2 cm³/mol. The molecule has 4 N–H and O–H groups in total. The van der Waals surface area contributed by atoms with E-state index in [2.05, 4.69) is 41.5 Å². The van der Waals surface area contributed by atoms with E-state index in [0.29, 0.717) is 22.9 Å². The van der Waals surface area contributed by atoms with Gasteiger partial charge in [0.1, 0.15) is 11.6 Å². The molecule has 0 spiro atoms. The van der Waals surface area contributed by atoms with Gasteiger partial charge in [0.05, 0.1) is 0 Å². The van der Waals surface area contributed by atoms with E-state index in [1.54, 1.807) is 0 Å². The molecule has 0 bridgehead atoms. The van der Waals surface area contributed by atoms with Crippen molar-refractivity contribution >= 4 is 23.4 Å². The van der Waals surface area contributed by atoms with Crippen molar-refractivity contribution in [1.82, 2.24) is 9.97 Å². The van der Waals surface area contributed by atoms with Crippen LogP contribution in [0.4, 0.5) is 11.6 Å². The summed E-state index contributed by atoms with van der Waals surface area (Å²) >= 11 is 1.50. The Labute approximate surface area is 107 Å². The van der Waals surface area contributed by atoms with E-state index < -0.39 is 0 Å². The fourth-order valence-electron chi connectivity index (χ4n) is 1.59. The Hall–Kier alpha value is -1.01. The summed E-state index contributed by atoms with van der Waals surface area (Å²) in [6.07, 6.45) is 3.00. The Morgan fingerprint density at radius 2 is 2.00 bits per heavy atom. The molecule has 0 aliphatic heterocycles. The monoisotopic (exact) mass is 255 g/mol. The molecule has 1 atom stereocenters. The second-order valence-corrected chi connectivity index (χ2v) is 4.95. The third-order valence-electron chi connectivity index (χ3n) is 2.61. The molecule has 5 nitrogen and oxygen atoms in total. The second-order valence-electron chi connectivity index (χ2n) is 4.17. The summed E-state index contributed by atoms with van der Waals surface area (Å²) in [6.45, 7) is 6.55. The first kappa shape index (κ1) is 14.1. The highest BCUT2D eigenvalue weighted by Crippen LogP contribution is 2.19. The zero-order valence-corrected chi connectivity index (χ0v) is 11.6. The molecule has 96 valence electrons. The number of hydrogen-bond donors (Lipinski definition) is 3. The lowest BCUT2D eigenvalue weighted by Gasteiger charge is -2.21. The molecule has 0 aliphatic rings. The van der Waals surface area contributed by atoms with Gasteiger partial charge in [-0.25, -0.2) is 15.8 Å². The predicted octanol–water partition coefficient (Wildman–Crippen LogP) is 2.33. The molecule has 0 fully saturated rings. The molecule has 1 rings (SSSR count). The van der Waals surface area contributed by atoms with Crippen molar-refractivity contribution in [2.45, 2.75) is 38.4 Å². The molecule has 6 heteroatoms. The lowest BCUT2D eigenvalue weighted by molar-refractivity contribution is 0.509. The Morgan fingerprint density at radius 3 is 2.47 bits per heavy atom. The van der Waals surface area contributed by atoms with Crippen molar-refractivity contribution in [3.05, 3.63) is 6.07 Å². The number of rotatable bonds is 6. The van der Waals surface area contributed by atoms with Crippen molar-refractivity contribution in [2.24, 2.45) is 11.8 Å². The van der Waals surface area contributed by atoms with Crippen LogP contribution in [0.25, 0.3) is 0 Å². The molecular formula is C11H21N5S. The van der Waals surface area contributed by atoms with Crippen LogP contribution in [0.2, 0.25) is 0 Å². The molecule has 1 aromatic rings. The van der Waals surface area contributed by atoms with E-state index in [9.17, 15) is 0 Å². The lowest BCUT2D eigenvalue weighted by Crippen LogP contribution is -2.25. The largest absolute Gasteiger partial charge is 0.367 e. The highest BCUT2D eigenvalue weighted by molar-refractivity contribution is 7.98. The quantitative estimate of drug-likeness (QED) is 0.313. The van der Waals surface area contributed by atoms with Gasteiger partial charge in [0, 0.05) is 12.1 Å². The molecule has 1 aromatic heterocycles. The first-order chi connectivity index (χ1) is 8.10. The molecule has 1 heterocycles. The standard InChI is InChI=1S/C11H21N5S/c1-5-8(7(2)3)13-9-6-10(16-12)15-11(14-9)17-4/h6-8H,5,12H2,1-4H3,(H2,13,14,15,16). The van der Waals surface area contributed by atoms with Crippen molar-refractivity contribution in [1.29, 1.82) is 0 Å². The van der Waals surface area contributed by atoms with Crippen molar-refractivity contribution in [3.8, 4) is 0 Å². The van der Waals surface area contributed by atoms with Gasteiger partial charge < -0.3 is 10.7 Å². The van der Waals surface area contributed by atoms with Crippen LogP contribution >= 0.6 is 11.8 Å². The minimum absolute atomic E-state index is 0.408. The number of hydrogen-bond acceptors (Lipinski definition) is 6. The van der Waals surface area contributed by atoms with Crippen LogP contribution in [-0.2, 0) is 0 Å². The summed E-state index contributed by atoms with van der Waals surface area (Å²) in [4.78, 5) is 8.64. The van der Waals surface area contributed by atoms with Crippen LogP contribution in [0.5, 0.6) is 0 Å². The van der Waals surface area contributed by atoms with Crippen LogP contribution in [0, 0.1) is 5.92 Å². The molecule has 0 saturated heterocycles. The first-order valence-electron chi connectivity index (χ1n) is 5.76. The van der Waals surface area contributed by atoms with Crippen LogP contribution in [0.15, 0.2) is 11.2 Å². The summed E-state index contributed by atoms with van der Waals surface area (Å²) in [6, 6.07) is 2.23. The molecule has 0 aromatic carbocycles. The van der Waals surface area contributed by atoms with Crippen molar-refractivity contribution < 1.29 is 0 Å². The average molecular weight is 255 g/mol. The van der Waals surface area contributed by atoms with Gasteiger partial charge in [-0.1, -0.05) is 32.5 Å². The lowest BCUT2D eigenvalue weighted by atomic mass is 10.0. The van der Waals surface area contributed by atoms with Gasteiger partial charge in [0.25, 0.3) is 0 Å². The number of nitrogen functional groups attached to an aromatic ring is 1. The minimum atomic E-state index is 0.408. The third-order valence-corrected chi connectivity index (χ3v) is 3.16. The van der Waals surface area contributed by atoms with Gasteiger partial charge in [0.2, 0.25) is 0 Å². The van der Waals surface area contributed by atoms with Gasteiger partial charge in [0.15, 0.2) is 5.16 Å². The molecule has 0 radical (unpaired) electrons. The van der Waals surface area contributed by atoms with Crippen LogP contribution in [0.1, 0.15) is 27.2 Å². The maximum Gasteiger partial charge on any atom is 0.191 e. The number of nitrogens with two attached hydrogens (primary N) is 1. The minimum Gasteiger partial charge on any atom is -0.367 e. The fourth-order valence-corrected chi connectivity index (χ4v) is 1.97. The number of hydrazine groups is 1. The number of aromatic nitrogens is 2. The number of thioether (sulfide) groups is 1. The molecule has 17 heavy (non-hydrogen) atoms. The maximum absolute atomic E-state index is 5.39. The maximum atomic E-state index is 5.39. The Bertz CT molecular complexity index is 333. The molecule has 0 saturated carbocycles. The van der Waals surface area contributed by atoms with Gasteiger partial charge in [-0.2, -0.15) is 0 Å². The van der Waals surface area contributed by atoms with E-state index in [4.69, 9.17) is 5.84 Å². The van der Waals surface area contributed by atoms with E-state index in [-0.39, 0.29) is 0 Å². The summed E-state index contributed by atoms with van der Waals surface area (Å²) in [5.41, 5.74) is 2.56. The molecule has 0 aliphatic carbocycles. The van der Waals surface area contributed by atoms with E-state index in [1.807, 2.05) is 12.3 Å². The van der Waals surface area contributed by atoms with Crippen LogP contribution in [0.3, 0.4) is 0 Å². The number of nitrogens with zero attached hydrogens (tertiary/aromatic N) is 2. The summed E-state index contributed by atoms with van der Waals surface area (Å²) in [5.74, 6) is 7.39. The Kier molecular flexibility index (Phi) is 5.50. The SMILES string of the molecule is CCC(Nc1cc(NN)nc(SC)n1)C(C)C. The Morgan fingerprint density at radius 1 is 1.35 bits per heavy atom. The summed E-state index contributed by atoms with van der Waals surface area (Å²) in [7, 11) is 0. The van der Waals surface area contributed by atoms with Crippen molar-refractivity contribution in [2.75, 3.05) is 17.0 Å². The van der Waals surface area contributed by atoms with Gasteiger partial charge in [-0.05, 0) is 18.6 Å². The zero-order valence-electron chi connectivity index (χ0n) is 10.8. The highest BCUT2D eigenvalue weighted by Gasteiger charge is 2.12. The van der Waals surface area contributed by atoms with Gasteiger partial charge >= 0.3 is 0 Å². The fraction of sp³-hybridized carbons (Fsp3) is 0.636.